The zero-order valence-corrected chi connectivity index (χ0v) is 18.7. The summed E-state index contributed by atoms with van der Waals surface area (Å²) in [5.41, 5.74) is 0. The SMILES string of the molecule is CCCCCCCCCCC(=O)OC(CCCCCCCCCC)CC(=O)O. The van der Waals surface area contributed by atoms with E-state index >= 15 is 0 Å². The maximum Gasteiger partial charge on any atom is 0.307 e. The molecular weight excluding hydrogens is 352 g/mol. The van der Waals surface area contributed by atoms with Gasteiger partial charge in [0.15, 0.2) is 0 Å². The van der Waals surface area contributed by atoms with Crippen LogP contribution in [0.2, 0.25) is 0 Å². The van der Waals surface area contributed by atoms with Gasteiger partial charge in [-0.3, -0.25) is 9.59 Å². The van der Waals surface area contributed by atoms with Gasteiger partial charge in [0.25, 0.3) is 0 Å². The molecule has 0 aliphatic heterocycles. The highest BCUT2D eigenvalue weighted by molar-refractivity contribution is 5.71. The van der Waals surface area contributed by atoms with Crippen LogP contribution in [0.1, 0.15) is 136 Å². The summed E-state index contributed by atoms with van der Waals surface area (Å²) in [4.78, 5) is 23.1. The summed E-state index contributed by atoms with van der Waals surface area (Å²) in [7, 11) is 0. The molecule has 0 heterocycles. The molecular formula is C24H46O4. The highest BCUT2D eigenvalue weighted by Gasteiger charge is 2.17. The maximum absolute atomic E-state index is 12.0. The fourth-order valence-electron chi connectivity index (χ4n) is 3.55. The van der Waals surface area contributed by atoms with E-state index < -0.39 is 12.1 Å². The predicted octanol–water partition coefficient (Wildman–Crippen LogP) is 7.43. The first-order chi connectivity index (χ1) is 13.6. The number of hydrogen-bond donors (Lipinski definition) is 1. The first kappa shape index (κ1) is 26.9. The minimum absolute atomic E-state index is 0.0698. The Morgan fingerprint density at radius 1 is 0.679 bits per heavy atom. The number of hydrogen-bond acceptors (Lipinski definition) is 3. The zero-order valence-electron chi connectivity index (χ0n) is 18.7. The summed E-state index contributed by atoms with van der Waals surface area (Å²) < 4.78 is 5.46. The molecule has 0 aliphatic rings. The van der Waals surface area contributed by atoms with Gasteiger partial charge in [-0.1, -0.05) is 104 Å². The van der Waals surface area contributed by atoms with Crippen molar-refractivity contribution in [2.45, 2.75) is 142 Å². The summed E-state index contributed by atoms with van der Waals surface area (Å²) >= 11 is 0. The van der Waals surface area contributed by atoms with Gasteiger partial charge >= 0.3 is 11.9 Å². The van der Waals surface area contributed by atoms with Crippen molar-refractivity contribution in [2.75, 3.05) is 0 Å². The summed E-state index contributed by atoms with van der Waals surface area (Å²) in [6.07, 6.45) is 19.7. The fourth-order valence-corrected chi connectivity index (χ4v) is 3.55. The molecule has 0 spiro atoms. The molecule has 1 unspecified atom stereocenters. The first-order valence-electron chi connectivity index (χ1n) is 12.0. The van der Waals surface area contributed by atoms with Gasteiger partial charge in [-0.15, -0.1) is 0 Å². The number of ether oxygens (including phenoxy) is 1. The number of aliphatic carboxylic acids is 1. The molecule has 4 heteroatoms. The number of carboxylic acid groups (broad SMARTS) is 1. The molecule has 166 valence electrons. The van der Waals surface area contributed by atoms with Crippen LogP contribution in [0.15, 0.2) is 0 Å². The Morgan fingerprint density at radius 2 is 1.11 bits per heavy atom. The van der Waals surface area contributed by atoms with E-state index in [9.17, 15) is 9.59 Å². The van der Waals surface area contributed by atoms with E-state index in [0.717, 1.165) is 25.7 Å². The predicted molar refractivity (Wildman–Crippen MR) is 117 cm³/mol. The molecule has 0 rings (SSSR count). The van der Waals surface area contributed by atoms with Gasteiger partial charge in [0.05, 0.1) is 6.42 Å². The quantitative estimate of drug-likeness (QED) is 0.161. The van der Waals surface area contributed by atoms with E-state index in [4.69, 9.17) is 9.84 Å². The molecule has 0 aromatic rings. The number of carboxylic acids is 1. The Kier molecular flexibility index (Phi) is 19.9. The largest absolute Gasteiger partial charge is 0.481 e. The van der Waals surface area contributed by atoms with E-state index in [1.54, 1.807) is 0 Å². The second-order valence-electron chi connectivity index (χ2n) is 8.20. The van der Waals surface area contributed by atoms with Crippen molar-refractivity contribution in [1.29, 1.82) is 0 Å². The topological polar surface area (TPSA) is 63.6 Å². The molecule has 0 aromatic heterocycles. The van der Waals surface area contributed by atoms with Gasteiger partial charge in [-0.05, 0) is 19.3 Å². The van der Waals surface area contributed by atoms with Gasteiger partial charge < -0.3 is 9.84 Å². The van der Waals surface area contributed by atoms with Gasteiger partial charge in [0, 0.05) is 6.42 Å². The molecule has 4 nitrogen and oxygen atoms in total. The average molecular weight is 399 g/mol. The normalized spacial score (nSPS) is 12.1. The minimum Gasteiger partial charge on any atom is -0.481 e. The van der Waals surface area contributed by atoms with Crippen molar-refractivity contribution in [1.82, 2.24) is 0 Å². The Morgan fingerprint density at radius 3 is 1.57 bits per heavy atom. The Balaban J connectivity index is 3.79. The Bertz CT molecular complexity index is 368. The monoisotopic (exact) mass is 398 g/mol. The first-order valence-corrected chi connectivity index (χ1v) is 12.0. The highest BCUT2D eigenvalue weighted by Crippen LogP contribution is 2.15. The van der Waals surface area contributed by atoms with Crippen molar-refractivity contribution in [3.8, 4) is 0 Å². The third-order valence-corrected chi connectivity index (χ3v) is 5.31. The summed E-state index contributed by atoms with van der Waals surface area (Å²) in [5, 5.41) is 9.06. The number of carbonyl (C=O) groups is 2. The standard InChI is InChI=1S/C24H46O4/c1-3-5-7-9-11-13-15-17-19-22(21-23(25)26)28-24(27)20-18-16-14-12-10-8-6-4-2/h22H,3-21H2,1-2H3,(H,25,26). The molecule has 0 radical (unpaired) electrons. The van der Waals surface area contributed by atoms with Crippen LogP contribution < -0.4 is 0 Å². The van der Waals surface area contributed by atoms with Crippen LogP contribution >= 0.6 is 0 Å². The van der Waals surface area contributed by atoms with Gasteiger partial charge in [-0.2, -0.15) is 0 Å². The molecule has 0 amide bonds. The smallest absolute Gasteiger partial charge is 0.307 e. The van der Waals surface area contributed by atoms with Gasteiger partial charge in [0.1, 0.15) is 6.10 Å². The number of unbranched alkanes of at least 4 members (excludes halogenated alkanes) is 14. The number of carbonyl (C=O) groups excluding carboxylic acids is 1. The van der Waals surface area contributed by atoms with Crippen LogP contribution in [-0.2, 0) is 14.3 Å². The molecule has 28 heavy (non-hydrogen) atoms. The third kappa shape index (κ3) is 19.7. The summed E-state index contributed by atoms with van der Waals surface area (Å²) in [6.45, 7) is 4.44. The van der Waals surface area contributed by atoms with Crippen molar-refractivity contribution >= 4 is 11.9 Å². The van der Waals surface area contributed by atoms with Gasteiger partial charge in [0.2, 0.25) is 0 Å². The molecule has 0 saturated heterocycles. The van der Waals surface area contributed by atoms with E-state index in [-0.39, 0.29) is 12.4 Å². The third-order valence-electron chi connectivity index (χ3n) is 5.31. The van der Waals surface area contributed by atoms with Crippen molar-refractivity contribution in [3.63, 3.8) is 0 Å². The van der Waals surface area contributed by atoms with Crippen molar-refractivity contribution in [2.24, 2.45) is 0 Å². The second kappa shape index (κ2) is 20.7. The lowest BCUT2D eigenvalue weighted by molar-refractivity contribution is -0.153. The second-order valence-corrected chi connectivity index (χ2v) is 8.20. The minimum atomic E-state index is -0.885. The Hall–Kier alpha value is -1.06. The van der Waals surface area contributed by atoms with E-state index in [1.165, 1.54) is 77.0 Å². The van der Waals surface area contributed by atoms with E-state index in [2.05, 4.69) is 13.8 Å². The van der Waals surface area contributed by atoms with Crippen LogP contribution in [0.25, 0.3) is 0 Å². The van der Waals surface area contributed by atoms with Crippen LogP contribution in [0.3, 0.4) is 0 Å². The molecule has 0 aliphatic carbocycles. The fraction of sp³-hybridized carbons (Fsp3) is 0.917. The molecule has 0 fully saturated rings. The number of rotatable bonds is 21. The average Bonchev–Trinajstić information content (AvgIpc) is 2.65. The molecule has 0 aromatic carbocycles. The van der Waals surface area contributed by atoms with Gasteiger partial charge in [-0.25, -0.2) is 0 Å². The number of esters is 1. The highest BCUT2D eigenvalue weighted by atomic mass is 16.5. The van der Waals surface area contributed by atoms with Crippen LogP contribution in [-0.4, -0.2) is 23.1 Å². The van der Waals surface area contributed by atoms with E-state index in [1.807, 2.05) is 0 Å². The van der Waals surface area contributed by atoms with Crippen molar-refractivity contribution < 1.29 is 19.4 Å². The van der Waals surface area contributed by atoms with Crippen LogP contribution in [0.5, 0.6) is 0 Å². The molecule has 0 saturated carbocycles. The van der Waals surface area contributed by atoms with Crippen LogP contribution in [0, 0.1) is 0 Å². The zero-order chi connectivity index (χ0) is 20.9. The molecule has 1 atom stereocenters. The lowest BCUT2D eigenvalue weighted by atomic mass is 10.0. The molecule has 1 N–H and O–H groups in total. The van der Waals surface area contributed by atoms with Crippen molar-refractivity contribution in [3.05, 3.63) is 0 Å². The van der Waals surface area contributed by atoms with Crippen LogP contribution in [0.4, 0.5) is 0 Å². The summed E-state index contributed by atoms with van der Waals surface area (Å²) in [5.74, 6) is -1.11. The maximum atomic E-state index is 12.0. The van der Waals surface area contributed by atoms with E-state index in [0.29, 0.717) is 12.8 Å². The summed E-state index contributed by atoms with van der Waals surface area (Å²) in [6, 6.07) is 0. The Labute approximate surface area is 173 Å². The molecule has 0 bridgehead atoms. The lowest BCUT2D eigenvalue weighted by Gasteiger charge is -2.16. The lowest BCUT2D eigenvalue weighted by Crippen LogP contribution is -2.21.